The standard InChI is InChI=1S/C11H16N4/c1-4-6-7-10(13-9(3)5-2)11-8-12-15-14-11/h4,6-8H,5H2,1-3H3,(H,12,14,15)/b6-4-,10-7-,13-9+. The van der Waals surface area contributed by atoms with Crippen molar-refractivity contribution in [2.24, 2.45) is 4.99 Å². The van der Waals surface area contributed by atoms with E-state index in [-0.39, 0.29) is 0 Å². The van der Waals surface area contributed by atoms with Crippen LogP contribution in [0.3, 0.4) is 0 Å². The first-order valence-corrected chi connectivity index (χ1v) is 5.02. The minimum atomic E-state index is 0.765. The van der Waals surface area contributed by atoms with Crippen molar-refractivity contribution in [3.8, 4) is 0 Å². The van der Waals surface area contributed by atoms with E-state index in [4.69, 9.17) is 0 Å². The van der Waals surface area contributed by atoms with E-state index in [9.17, 15) is 0 Å². The molecule has 0 aliphatic carbocycles. The summed E-state index contributed by atoms with van der Waals surface area (Å²) in [5.74, 6) is 0. The average molecular weight is 204 g/mol. The third-order valence-electron chi connectivity index (χ3n) is 1.95. The van der Waals surface area contributed by atoms with E-state index in [0.29, 0.717) is 0 Å². The zero-order valence-electron chi connectivity index (χ0n) is 9.36. The maximum Gasteiger partial charge on any atom is 0.131 e. The van der Waals surface area contributed by atoms with E-state index in [1.54, 1.807) is 6.20 Å². The minimum absolute atomic E-state index is 0.765. The van der Waals surface area contributed by atoms with Gasteiger partial charge in [-0.05, 0) is 26.3 Å². The van der Waals surface area contributed by atoms with Gasteiger partial charge >= 0.3 is 0 Å². The van der Waals surface area contributed by atoms with E-state index in [1.807, 2.05) is 32.1 Å². The average Bonchev–Trinajstić information content (AvgIpc) is 2.77. The van der Waals surface area contributed by atoms with E-state index < -0.39 is 0 Å². The number of aromatic amines is 1. The molecule has 0 aliphatic heterocycles. The molecule has 0 aromatic carbocycles. The van der Waals surface area contributed by atoms with E-state index >= 15 is 0 Å². The predicted octanol–water partition coefficient (Wildman–Crippen LogP) is 2.59. The van der Waals surface area contributed by atoms with Crippen molar-refractivity contribution >= 4 is 11.4 Å². The van der Waals surface area contributed by atoms with Gasteiger partial charge in [0.2, 0.25) is 0 Å². The molecule has 4 heteroatoms. The van der Waals surface area contributed by atoms with Crippen molar-refractivity contribution in [2.45, 2.75) is 27.2 Å². The summed E-state index contributed by atoms with van der Waals surface area (Å²) in [5, 5.41) is 10.3. The zero-order chi connectivity index (χ0) is 11.1. The predicted molar refractivity (Wildman–Crippen MR) is 62.6 cm³/mol. The lowest BCUT2D eigenvalue weighted by molar-refractivity contribution is 0.935. The number of H-pyrrole nitrogens is 1. The summed E-state index contributed by atoms with van der Waals surface area (Å²) < 4.78 is 0. The Morgan fingerprint density at radius 3 is 2.93 bits per heavy atom. The van der Waals surface area contributed by atoms with Gasteiger partial charge in [-0.25, -0.2) is 0 Å². The lowest BCUT2D eigenvalue weighted by Gasteiger charge is -1.98. The van der Waals surface area contributed by atoms with Crippen LogP contribution in [0.2, 0.25) is 0 Å². The molecule has 4 nitrogen and oxygen atoms in total. The molecule has 0 saturated heterocycles. The van der Waals surface area contributed by atoms with Gasteiger partial charge in [0.25, 0.3) is 0 Å². The Hall–Kier alpha value is -1.71. The third kappa shape index (κ3) is 3.50. The maximum absolute atomic E-state index is 4.48. The number of allylic oxidation sites excluding steroid dienone is 3. The molecule has 80 valence electrons. The monoisotopic (exact) mass is 204 g/mol. The molecule has 0 bridgehead atoms. The van der Waals surface area contributed by atoms with E-state index in [2.05, 4.69) is 27.3 Å². The van der Waals surface area contributed by atoms with Crippen LogP contribution in [-0.2, 0) is 0 Å². The summed E-state index contributed by atoms with van der Waals surface area (Å²) in [7, 11) is 0. The Balaban J connectivity index is 2.99. The molecule has 0 amide bonds. The van der Waals surface area contributed by atoms with Crippen LogP contribution in [0.15, 0.2) is 29.4 Å². The molecular weight excluding hydrogens is 188 g/mol. The number of hydrogen-bond acceptors (Lipinski definition) is 3. The molecule has 1 aromatic heterocycles. The molecule has 0 atom stereocenters. The number of aromatic nitrogens is 3. The van der Waals surface area contributed by atoms with Crippen molar-refractivity contribution in [2.75, 3.05) is 0 Å². The molecule has 1 aromatic rings. The van der Waals surface area contributed by atoms with Crippen molar-refractivity contribution in [3.63, 3.8) is 0 Å². The summed E-state index contributed by atoms with van der Waals surface area (Å²) in [4.78, 5) is 4.48. The zero-order valence-corrected chi connectivity index (χ0v) is 9.36. The second-order valence-electron chi connectivity index (χ2n) is 3.14. The lowest BCUT2D eigenvalue weighted by atomic mass is 10.2. The first-order valence-electron chi connectivity index (χ1n) is 5.02. The molecule has 1 heterocycles. The normalized spacial score (nSPS) is 13.8. The van der Waals surface area contributed by atoms with Crippen LogP contribution in [0.4, 0.5) is 0 Å². The Labute approximate surface area is 89.8 Å². The second kappa shape index (κ2) is 5.90. The Morgan fingerprint density at radius 1 is 1.60 bits per heavy atom. The molecule has 15 heavy (non-hydrogen) atoms. The topological polar surface area (TPSA) is 53.9 Å². The summed E-state index contributed by atoms with van der Waals surface area (Å²) in [6.45, 7) is 6.05. The van der Waals surface area contributed by atoms with Crippen LogP contribution in [0, 0.1) is 0 Å². The fraction of sp³-hybridized carbons (Fsp3) is 0.364. The molecule has 1 rings (SSSR count). The van der Waals surface area contributed by atoms with Crippen molar-refractivity contribution in [1.29, 1.82) is 0 Å². The highest BCUT2D eigenvalue weighted by atomic mass is 15.3. The van der Waals surface area contributed by atoms with Crippen molar-refractivity contribution < 1.29 is 0 Å². The highest BCUT2D eigenvalue weighted by Gasteiger charge is 2.02. The van der Waals surface area contributed by atoms with Gasteiger partial charge in [-0.1, -0.05) is 24.3 Å². The Morgan fingerprint density at radius 2 is 2.40 bits per heavy atom. The molecule has 0 spiro atoms. The number of aliphatic imine (C=N–C) groups is 1. The fourth-order valence-corrected chi connectivity index (χ4v) is 0.979. The molecule has 1 N–H and O–H groups in total. The van der Waals surface area contributed by atoms with Crippen LogP contribution in [0.25, 0.3) is 5.70 Å². The number of nitrogens with zero attached hydrogens (tertiary/aromatic N) is 3. The van der Waals surface area contributed by atoms with E-state index in [1.165, 1.54) is 0 Å². The van der Waals surface area contributed by atoms with E-state index in [0.717, 1.165) is 23.5 Å². The van der Waals surface area contributed by atoms with Crippen molar-refractivity contribution in [3.05, 3.63) is 30.1 Å². The summed E-state index contributed by atoms with van der Waals surface area (Å²) in [6.07, 6.45) is 8.50. The quantitative estimate of drug-likeness (QED) is 0.605. The number of rotatable bonds is 4. The molecule has 0 aliphatic rings. The van der Waals surface area contributed by atoms with Gasteiger partial charge < -0.3 is 0 Å². The van der Waals surface area contributed by atoms with Crippen LogP contribution in [0.1, 0.15) is 32.9 Å². The smallest absolute Gasteiger partial charge is 0.131 e. The largest absolute Gasteiger partial charge is 0.265 e. The van der Waals surface area contributed by atoms with Gasteiger partial charge in [-0.2, -0.15) is 0 Å². The maximum atomic E-state index is 4.48. The van der Waals surface area contributed by atoms with Gasteiger partial charge in [-0.3, -0.25) is 10.1 Å². The summed E-state index contributed by atoms with van der Waals surface area (Å²) in [6, 6.07) is 0. The van der Waals surface area contributed by atoms with Gasteiger partial charge in [-0.15, -0.1) is 5.10 Å². The first kappa shape index (κ1) is 11.4. The van der Waals surface area contributed by atoms with Crippen LogP contribution in [0.5, 0.6) is 0 Å². The first-order chi connectivity index (χ1) is 7.27. The van der Waals surface area contributed by atoms with Crippen LogP contribution < -0.4 is 0 Å². The van der Waals surface area contributed by atoms with Gasteiger partial charge in [0.15, 0.2) is 0 Å². The summed E-state index contributed by atoms with van der Waals surface area (Å²) in [5.41, 5.74) is 2.68. The molecule has 0 saturated carbocycles. The van der Waals surface area contributed by atoms with Gasteiger partial charge in [0.05, 0.1) is 11.9 Å². The number of nitrogens with one attached hydrogen (secondary N) is 1. The molecule has 0 radical (unpaired) electrons. The minimum Gasteiger partial charge on any atom is -0.265 e. The lowest BCUT2D eigenvalue weighted by Crippen LogP contribution is -1.90. The number of hydrogen-bond donors (Lipinski definition) is 1. The Kier molecular flexibility index (Phi) is 4.47. The highest BCUT2D eigenvalue weighted by molar-refractivity contribution is 5.87. The molecule has 0 unspecified atom stereocenters. The summed E-state index contributed by atoms with van der Waals surface area (Å²) >= 11 is 0. The molecular formula is C11H16N4. The van der Waals surface area contributed by atoms with Crippen LogP contribution >= 0.6 is 0 Å². The van der Waals surface area contributed by atoms with Gasteiger partial charge in [0.1, 0.15) is 5.69 Å². The SMILES string of the molecule is C\C=C/C=C(\N=C(/C)CC)c1c[nH]nn1. The third-order valence-corrected chi connectivity index (χ3v) is 1.95. The Bertz CT molecular complexity index is 371. The second-order valence-corrected chi connectivity index (χ2v) is 3.14. The fourth-order valence-electron chi connectivity index (χ4n) is 0.979. The highest BCUT2D eigenvalue weighted by Crippen LogP contribution is 2.12. The van der Waals surface area contributed by atoms with Crippen molar-refractivity contribution in [1.82, 2.24) is 15.4 Å². The molecule has 0 fully saturated rings. The van der Waals surface area contributed by atoms with Gasteiger partial charge in [0, 0.05) is 5.71 Å². The van der Waals surface area contributed by atoms with Crippen LogP contribution in [-0.4, -0.2) is 21.1 Å².